The van der Waals surface area contributed by atoms with E-state index in [1.165, 1.54) is 0 Å². The molecule has 0 aliphatic carbocycles. The minimum Gasteiger partial charge on any atom is -0.316 e. The lowest BCUT2D eigenvalue weighted by Crippen LogP contribution is -2.41. The van der Waals surface area contributed by atoms with Gasteiger partial charge in [-0.1, -0.05) is 0 Å². The normalized spacial score (nSPS) is 11.8. The summed E-state index contributed by atoms with van der Waals surface area (Å²) in [4.78, 5) is 10.7. The third kappa shape index (κ3) is 2.71. The van der Waals surface area contributed by atoms with E-state index in [1.807, 2.05) is 0 Å². The fourth-order valence-electron chi connectivity index (χ4n) is 0.958. The third-order valence-corrected chi connectivity index (χ3v) is 1.82. The van der Waals surface area contributed by atoms with Crippen LogP contribution in [0.15, 0.2) is 12.1 Å². The van der Waals surface area contributed by atoms with Crippen LogP contribution in [0.5, 0.6) is 0 Å². The van der Waals surface area contributed by atoms with Gasteiger partial charge in [0, 0.05) is 12.1 Å². The minimum absolute atomic E-state index is 0.0964. The average Bonchev–Trinajstić information content (AvgIpc) is 2.22. The molecular formula is C9H4F7NO. The van der Waals surface area contributed by atoms with Crippen molar-refractivity contribution in [3.63, 3.8) is 0 Å². The second kappa shape index (κ2) is 4.83. The van der Waals surface area contributed by atoms with Crippen molar-refractivity contribution in [3.05, 3.63) is 29.6 Å². The van der Waals surface area contributed by atoms with E-state index in [0.717, 1.165) is 5.32 Å². The zero-order chi connectivity index (χ0) is 14.1. The van der Waals surface area contributed by atoms with E-state index < -0.39 is 41.4 Å². The molecule has 1 amide bonds. The number of nitrogens with one attached hydrogen (secondary N) is 1. The Hall–Kier alpha value is -1.80. The Balaban J connectivity index is 3.03. The highest BCUT2D eigenvalue weighted by Crippen LogP contribution is 2.27. The van der Waals surface area contributed by atoms with E-state index in [9.17, 15) is 35.5 Å². The van der Waals surface area contributed by atoms with Crippen molar-refractivity contribution < 1.29 is 35.5 Å². The van der Waals surface area contributed by atoms with Crippen molar-refractivity contribution >= 4 is 11.6 Å². The summed E-state index contributed by atoms with van der Waals surface area (Å²) >= 11 is 0. The molecule has 0 aliphatic rings. The van der Waals surface area contributed by atoms with Crippen LogP contribution in [-0.2, 0) is 4.79 Å². The van der Waals surface area contributed by atoms with Gasteiger partial charge in [-0.25, -0.2) is 22.0 Å². The highest BCUT2D eigenvalue weighted by Gasteiger charge is 2.49. The molecule has 0 saturated heterocycles. The molecular weight excluding hydrogens is 271 g/mol. The van der Waals surface area contributed by atoms with E-state index in [4.69, 9.17) is 0 Å². The molecule has 18 heavy (non-hydrogen) atoms. The van der Waals surface area contributed by atoms with E-state index in [-0.39, 0.29) is 12.1 Å². The average molecular weight is 275 g/mol. The topological polar surface area (TPSA) is 29.1 Å². The summed E-state index contributed by atoms with van der Waals surface area (Å²) in [6.07, 6.45) is -4.34. The van der Waals surface area contributed by atoms with Crippen LogP contribution >= 0.6 is 0 Å². The lowest BCUT2D eigenvalue weighted by Gasteiger charge is -2.15. The fourth-order valence-corrected chi connectivity index (χ4v) is 0.958. The summed E-state index contributed by atoms with van der Waals surface area (Å²) in [5.41, 5.74) is -1.43. The second-order valence-electron chi connectivity index (χ2n) is 3.12. The summed E-state index contributed by atoms with van der Waals surface area (Å²) in [7, 11) is 0. The van der Waals surface area contributed by atoms with Gasteiger partial charge in [0.2, 0.25) is 0 Å². The Kier molecular flexibility index (Phi) is 3.82. The summed E-state index contributed by atoms with van der Waals surface area (Å²) in [6, 6.07) is 0.193. The summed E-state index contributed by atoms with van der Waals surface area (Å²) in [6.45, 7) is 0. The number of carbonyl (C=O) groups is 1. The van der Waals surface area contributed by atoms with Crippen molar-refractivity contribution in [1.29, 1.82) is 0 Å². The van der Waals surface area contributed by atoms with Crippen LogP contribution in [0, 0.1) is 17.5 Å². The van der Waals surface area contributed by atoms with Crippen molar-refractivity contribution in [2.75, 3.05) is 5.32 Å². The maximum absolute atomic E-state index is 12.9. The Morgan fingerprint density at radius 2 is 1.56 bits per heavy atom. The first kappa shape index (κ1) is 14.3. The number of halogens is 7. The highest BCUT2D eigenvalue weighted by atomic mass is 19.3. The first-order valence-electron chi connectivity index (χ1n) is 4.28. The molecule has 1 aromatic rings. The lowest BCUT2D eigenvalue weighted by atomic mass is 10.2. The molecule has 0 fully saturated rings. The van der Waals surface area contributed by atoms with Gasteiger partial charge in [0.25, 0.3) is 0 Å². The molecule has 0 saturated carbocycles. The zero-order valence-corrected chi connectivity index (χ0v) is 8.29. The maximum Gasteiger partial charge on any atom is 0.383 e. The van der Waals surface area contributed by atoms with Crippen LogP contribution < -0.4 is 5.32 Å². The quantitative estimate of drug-likeness (QED) is 0.844. The van der Waals surface area contributed by atoms with Gasteiger partial charge in [0.15, 0.2) is 11.6 Å². The number of rotatable bonds is 3. The van der Waals surface area contributed by atoms with Gasteiger partial charge in [0.05, 0.1) is 0 Å². The first-order valence-corrected chi connectivity index (χ1v) is 4.28. The molecule has 100 valence electrons. The Bertz CT molecular complexity index is 451. The molecule has 0 heterocycles. The molecule has 9 heteroatoms. The van der Waals surface area contributed by atoms with Gasteiger partial charge in [-0.15, -0.1) is 0 Å². The molecule has 2 nitrogen and oxygen atoms in total. The monoisotopic (exact) mass is 275 g/mol. The number of alkyl halides is 4. The zero-order valence-electron chi connectivity index (χ0n) is 8.29. The van der Waals surface area contributed by atoms with Gasteiger partial charge in [-0.05, 0) is 0 Å². The largest absolute Gasteiger partial charge is 0.383 e. The number of hydrogen-bond donors (Lipinski definition) is 1. The van der Waals surface area contributed by atoms with Crippen molar-refractivity contribution in [3.8, 4) is 0 Å². The Labute approximate surface area is 95.4 Å². The molecule has 0 atom stereocenters. The number of hydrogen-bond acceptors (Lipinski definition) is 1. The molecule has 0 bridgehead atoms. The number of anilines is 1. The number of benzene rings is 1. The molecule has 0 unspecified atom stereocenters. The minimum atomic E-state index is -5.12. The van der Waals surface area contributed by atoms with E-state index >= 15 is 0 Å². The molecule has 0 radical (unpaired) electrons. The maximum atomic E-state index is 12.9. The van der Waals surface area contributed by atoms with Crippen molar-refractivity contribution in [2.24, 2.45) is 0 Å². The Morgan fingerprint density at radius 1 is 1.11 bits per heavy atom. The van der Waals surface area contributed by atoms with Crippen molar-refractivity contribution in [1.82, 2.24) is 0 Å². The molecule has 1 N–H and O–H groups in total. The van der Waals surface area contributed by atoms with E-state index in [1.54, 1.807) is 0 Å². The van der Waals surface area contributed by atoms with E-state index in [2.05, 4.69) is 0 Å². The van der Waals surface area contributed by atoms with Crippen LogP contribution in [0.1, 0.15) is 0 Å². The Morgan fingerprint density at radius 3 is 1.94 bits per heavy atom. The van der Waals surface area contributed by atoms with Crippen LogP contribution in [0.25, 0.3) is 0 Å². The van der Waals surface area contributed by atoms with Gasteiger partial charge >= 0.3 is 18.3 Å². The first-order chi connectivity index (χ1) is 8.16. The predicted octanol–water partition coefficient (Wildman–Crippen LogP) is 2.94. The van der Waals surface area contributed by atoms with Crippen LogP contribution in [0.3, 0.4) is 0 Å². The second-order valence-corrected chi connectivity index (χ2v) is 3.12. The molecule has 0 aromatic heterocycles. The number of amides is 1. The van der Waals surface area contributed by atoms with Gasteiger partial charge in [-0.3, -0.25) is 4.79 Å². The fraction of sp³-hybridized carbons (Fsp3) is 0.222. The standard InChI is InChI=1S/C9H4F7NO/c10-3-1-4(11)6(5(12)2-3)17-8(18)9(15,16)7(13)14/h1-2,7H,(H,17,18). The SMILES string of the molecule is O=C(Nc1c(F)cc(F)cc1F)C(F)(F)C(F)F. The molecule has 1 rings (SSSR count). The molecule has 1 aromatic carbocycles. The van der Waals surface area contributed by atoms with Crippen molar-refractivity contribution in [2.45, 2.75) is 12.3 Å². The lowest BCUT2D eigenvalue weighted by molar-refractivity contribution is -0.163. The van der Waals surface area contributed by atoms with Gasteiger partial charge in [0.1, 0.15) is 11.5 Å². The third-order valence-electron chi connectivity index (χ3n) is 1.82. The molecule has 0 spiro atoms. The summed E-state index contributed by atoms with van der Waals surface area (Å²) in [5, 5.41) is 0.942. The summed E-state index contributed by atoms with van der Waals surface area (Å²) in [5.74, 6) is -12.5. The van der Waals surface area contributed by atoms with E-state index in [0.29, 0.717) is 0 Å². The highest BCUT2D eigenvalue weighted by molar-refractivity contribution is 5.96. The number of carbonyl (C=O) groups excluding carboxylic acids is 1. The summed E-state index contributed by atoms with van der Waals surface area (Å²) < 4.78 is 86.8. The predicted molar refractivity (Wildman–Crippen MR) is 45.9 cm³/mol. The smallest absolute Gasteiger partial charge is 0.316 e. The van der Waals surface area contributed by atoms with Gasteiger partial charge in [-0.2, -0.15) is 8.78 Å². The van der Waals surface area contributed by atoms with Crippen LogP contribution in [0.2, 0.25) is 0 Å². The molecule has 0 aliphatic heterocycles. The van der Waals surface area contributed by atoms with Crippen LogP contribution in [0.4, 0.5) is 36.4 Å². The van der Waals surface area contributed by atoms with Crippen LogP contribution in [-0.4, -0.2) is 18.3 Å². The van der Waals surface area contributed by atoms with Gasteiger partial charge < -0.3 is 5.32 Å².